The number of carbonyl (C=O) groups is 1. The number of furan rings is 1. The van der Waals surface area contributed by atoms with Gasteiger partial charge in [0.05, 0.1) is 4.92 Å². The highest BCUT2D eigenvalue weighted by molar-refractivity contribution is 7.15. The molecule has 0 aliphatic rings. The van der Waals surface area contributed by atoms with E-state index in [-0.39, 0.29) is 17.0 Å². The summed E-state index contributed by atoms with van der Waals surface area (Å²) in [6, 6.07) is 16.1. The normalized spacial score (nSPS) is 11.2. The number of aromatic nitrogens is 1. The average molecular weight is 525 g/mol. The number of nitrogens with zero attached hydrogens (tertiary/aromatic N) is 3. The number of nitrogens with one attached hydrogen (secondary N) is 1. The van der Waals surface area contributed by atoms with E-state index in [1.54, 1.807) is 48.7 Å². The molecule has 0 fully saturated rings. The van der Waals surface area contributed by atoms with Crippen molar-refractivity contribution in [2.24, 2.45) is 0 Å². The van der Waals surface area contributed by atoms with E-state index in [1.165, 1.54) is 29.5 Å². The van der Waals surface area contributed by atoms with Crippen molar-refractivity contribution in [1.82, 2.24) is 4.98 Å². The van der Waals surface area contributed by atoms with E-state index in [9.17, 15) is 20.2 Å². The summed E-state index contributed by atoms with van der Waals surface area (Å²) >= 11 is 13.5. The maximum Gasteiger partial charge on any atom is 0.269 e. The number of hydrogen-bond donors (Lipinski definition) is 1. The molecule has 2 aromatic heterocycles. The summed E-state index contributed by atoms with van der Waals surface area (Å²) in [4.78, 5) is 28.0. The number of thiazole rings is 1. The van der Waals surface area contributed by atoms with E-state index < -0.39 is 10.8 Å². The molecule has 0 aliphatic heterocycles. The van der Waals surface area contributed by atoms with E-state index in [1.807, 2.05) is 6.07 Å². The van der Waals surface area contributed by atoms with Gasteiger partial charge >= 0.3 is 0 Å². The molecule has 0 radical (unpaired) electrons. The number of non-ortho nitro benzene ring substituents is 1. The molecule has 0 bridgehead atoms. The molecule has 0 saturated carbocycles. The quantitative estimate of drug-likeness (QED) is 0.123. The lowest BCUT2D eigenvalue weighted by Gasteiger charge is -2.02. The van der Waals surface area contributed by atoms with Crippen LogP contribution in [0.15, 0.2) is 70.8 Å². The topological polar surface area (TPSA) is 122 Å². The van der Waals surface area contributed by atoms with Crippen LogP contribution in [0.3, 0.4) is 0 Å². The highest BCUT2D eigenvalue weighted by Gasteiger charge is 2.15. The molecule has 0 aliphatic carbocycles. The first-order valence-electron chi connectivity index (χ1n) is 9.99. The third kappa shape index (κ3) is 5.94. The minimum atomic E-state index is -0.637. The molecule has 35 heavy (non-hydrogen) atoms. The van der Waals surface area contributed by atoms with E-state index in [0.29, 0.717) is 32.9 Å². The summed E-state index contributed by atoms with van der Waals surface area (Å²) in [7, 11) is 0. The minimum absolute atomic E-state index is 0.0372. The molecule has 0 unspecified atom stereocenters. The molecular weight excluding hydrogens is 511 g/mol. The van der Waals surface area contributed by atoms with Crippen LogP contribution in [-0.2, 0) is 11.2 Å². The Hall–Kier alpha value is -3.97. The standard InChI is InChI=1S/C24H14Cl2N4O4S/c25-17-3-7-21(26)15(9-17)11-20-13-28-24(35-20)29-23(31)16(12-27)10-19-6-8-22(34-19)14-1-4-18(5-2-14)30(32)33/h1-10,13H,11H2,(H,28,29,31)/b16-10+. The number of rotatable bonds is 7. The molecule has 2 aromatic carbocycles. The Balaban J connectivity index is 1.45. The van der Waals surface area contributed by atoms with Crippen molar-refractivity contribution in [3.05, 3.63) is 103 Å². The van der Waals surface area contributed by atoms with Crippen LogP contribution in [0.1, 0.15) is 16.2 Å². The van der Waals surface area contributed by atoms with Crippen LogP contribution >= 0.6 is 34.5 Å². The Bertz CT molecular complexity index is 1490. The van der Waals surface area contributed by atoms with Gasteiger partial charge in [0.15, 0.2) is 5.13 Å². The fraction of sp³-hybridized carbons (Fsp3) is 0.0417. The zero-order chi connectivity index (χ0) is 24.9. The SMILES string of the molecule is N#C/C(=C\c1ccc(-c2ccc([N+](=O)[O-])cc2)o1)C(=O)Nc1ncc(Cc2cc(Cl)ccc2Cl)s1. The van der Waals surface area contributed by atoms with Gasteiger partial charge in [0.2, 0.25) is 0 Å². The van der Waals surface area contributed by atoms with Crippen LogP contribution in [0, 0.1) is 21.4 Å². The predicted molar refractivity (Wildman–Crippen MR) is 134 cm³/mol. The number of halogens is 2. The number of carbonyl (C=O) groups excluding carboxylic acids is 1. The number of anilines is 1. The van der Waals surface area contributed by atoms with Crippen molar-refractivity contribution in [2.45, 2.75) is 6.42 Å². The fourth-order valence-corrected chi connectivity index (χ4v) is 4.31. The minimum Gasteiger partial charge on any atom is -0.457 e. The summed E-state index contributed by atoms with van der Waals surface area (Å²) in [6.07, 6.45) is 3.42. The molecule has 0 spiro atoms. The Morgan fingerprint density at radius 1 is 1.20 bits per heavy atom. The highest BCUT2D eigenvalue weighted by atomic mass is 35.5. The van der Waals surface area contributed by atoms with Crippen LogP contribution in [0.5, 0.6) is 0 Å². The predicted octanol–water partition coefficient (Wildman–Crippen LogP) is 6.75. The Morgan fingerprint density at radius 3 is 2.69 bits per heavy atom. The molecule has 2 heterocycles. The van der Waals surface area contributed by atoms with Gasteiger partial charge in [-0.05, 0) is 48.0 Å². The Kier molecular flexibility index (Phi) is 7.27. The third-order valence-electron chi connectivity index (χ3n) is 4.79. The molecule has 4 aromatic rings. The van der Waals surface area contributed by atoms with Gasteiger partial charge in [-0.25, -0.2) is 4.98 Å². The van der Waals surface area contributed by atoms with Crippen LogP contribution < -0.4 is 5.32 Å². The van der Waals surface area contributed by atoms with Gasteiger partial charge in [0, 0.05) is 51.3 Å². The monoisotopic (exact) mass is 524 g/mol. The lowest BCUT2D eigenvalue weighted by Crippen LogP contribution is -2.13. The first-order chi connectivity index (χ1) is 16.8. The first kappa shape index (κ1) is 24.2. The van der Waals surface area contributed by atoms with Crippen molar-refractivity contribution < 1.29 is 14.1 Å². The molecule has 1 amide bonds. The molecule has 11 heteroatoms. The second-order valence-corrected chi connectivity index (χ2v) is 9.13. The number of nitro groups is 1. The number of nitro benzene ring substituents is 1. The molecule has 8 nitrogen and oxygen atoms in total. The Labute approximate surface area is 213 Å². The van der Waals surface area contributed by atoms with Crippen LogP contribution in [-0.4, -0.2) is 15.8 Å². The van der Waals surface area contributed by atoms with Gasteiger partial charge in [-0.15, -0.1) is 11.3 Å². The van der Waals surface area contributed by atoms with Crippen molar-refractivity contribution in [1.29, 1.82) is 5.26 Å². The van der Waals surface area contributed by atoms with Gasteiger partial charge in [-0.1, -0.05) is 23.2 Å². The number of benzene rings is 2. The fourth-order valence-electron chi connectivity index (χ4n) is 3.10. The van der Waals surface area contributed by atoms with E-state index in [4.69, 9.17) is 27.6 Å². The average Bonchev–Trinajstić information content (AvgIpc) is 3.49. The zero-order valence-electron chi connectivity index (χ0n) is 17.7. The highest BCUT2D eigenvalue weighted by Crippen LogP contribution is 2.28. The molecule has 4 rings (SSSR count). The van der Waals surface area contributed by atoms with Crippen LogP contribution in [0.25, 0.3) is 17.4 Å². The molecule has 0 atom stereocenters. The van der Waals surface area contributed by atoms with Crippen LogP contribution in [0.2, 0.25) is 10.0 Å². The van der Waals surface area contributed by atoms with Crippen molar-refractivity contribution in [2.75, 3.05) is 5.32 Å². The summed E-state index contributed by atoms with van der Waals surface area (Å²) in [6.45, 7) is 0. The molecule has 174 valence electrons. The maximum atomic E-state index is 12.6. The van der Waals surface area contributed by atoms with Crippen molar-refractivity contribution >= 4 is 57.3 Å². The second kappa shape index (κ2) is 10.5. The second-order valence-electron chi connectivity index (χ2n) is 7.17. The van der Waals surface area contributed by atoms with E-state index in [2.05, 4.69) is 10.3 Å². The number of amides is 1. The lowest BCUT2D eigenvalue weighted by atomic mass is 10.1. The zero-order valence-corrected chi connectivity index (χ0v) is 20.0. The number of nitriles is 1. The smallest absolute Gasteiger partial charge is 0.269 e. The van der Waals surface area contributed by atoms with E-state index >= 15 is 0 Å². The summed E-state index contributed by atoms with van der Waals surface area (Å²) < 4.78 is 5.68. The van der Waals surface area contributed by atoms with Gasteiger partial charge < -0.3 is 4.42 Å². The van der Waals surface area contributed by atoms with Gasteiger partial charge in [0.1, 0.15) is 23.2 Å². The number of hydrogen-bond acceptors (Lipinski definition) is 7. The van der Waals surface area contributed by atoms with Crippen molar-refractivity contribution in [3.63, 3.8) is 0 Å². The lowest BCUT2D eigenvalue weighted by molar-refractivity contribution is -0.384. The maximum absolute atomic E-state index is 12.6. The molecule has 0 saturated heterocycles. The van der Waals surface area contributed by atoms with E-state index in [0.717, 1.165) is 10.4 Å². The third-order valence-corrected chi connectivity index (χ3v) is 6.30. The largest absolute Gasteiger partial charge is 0.457 e. The molecule has 1 N–H and O–H groups in total. The Morgan fingerprint density at radius 2 is 1.97 bits per heavy atom. The first-order valence-corrected chi connectivity index (χ1v) is 11.6. The van der Waals surface area contributed by atoms with Crippen molar-refractivity contribution in [3.8, 4) is 17.4 Å². The van der Waals surface area contributed by atoms with Gasteiger partial charge in [0.25, 0.3) is 11.6 Å². The summed E-state index contributed by atoms with van der Waals surface area (Å²) in [5.74, 6) is 0.0797. The van der Waals surface area contributed by atoms with Gasteiger partial charge in [-0.3, -0.25) is 20.2 Å². The molecular formula is C24H14Cl2N4O4S. The summed E-state index contributed by atoms with van der Waals surface area (Å²) in [5, 5.41) is 24.4. The summed E-state index contributed by atoms with van der Waals surface area (Å²) in [5.41, 5.74) is 1.24. The van der Waals surface area contributed by atoms with Crippen LogP contribution in [0.4, 0.5) is 10.8 Å². The van der Waals surface area contributed by atoms with Gasteiger partial charge in [-0.2, -0.15) is 5.26 Å².